The Labute approximate surface area is 94.1 Å². The maximum absolute atomic E-state index is 11.1. The number of pyridine rings is 1. The van der Waals surface area contributed by atoms with Crippen LogP contribution in [-0.2, 0) is 5.41 Å². The van der Waals surface area contributed by atoms with Gasteiger partial charge in [-0.3, -0.25) is 0 Å². The van der Waals surface area contributed by atoms with Crippen molar-refractivity contribution >= 4 is 17.6 Å². The van der Waals surface area contributed by atoms with E-state index in [1.807, 2.05) is 27.7 Å². The van der Waals surface area contributed by atoms with Crippen molar-refractivity contribution in [1.29, 1.82) is 0 Å². The summed E-state index contributed by atoms with van der Waals surface area (Å²) in [7, 11) is 0. The Hall–Kier alpha value is -1.09. The maximum Gasteiger partial charge on any atom is 0.354 e. The number of aromatic nitrogens is 1. The van der Waals surface area contributed by atoms with Crippen LogP contribution in [0.1, 0.15) is 42.4 Å². The number of aromatic carboxylic acids is 1. The first-order valence-electron chi connectivity index (χ1n) is 4.64. The highest BCUT2D eigenvalue weighted by Gasteiger charge is 2.25. The van der Waals surface area contributed by atoms with E-state index < -0.39 is 5.97 Å². The molecule has 0 radical (unpaired) electrons. The number of rotatable bonds is 1. The van der Waals surface area contributed by atoms with Gasteiger partial charge in [-0.05, 0) is 29.5 Å². The first kappa shape index (κ1) is 12.0. The largest absolute Gasteiger partial charge is 0.477 e. The smallest absolute Gasteiger partial charge is 0.354 e. The van der Waals surface area contributed by atoms with Crippen LogP contribution in [0, 0.1) is 6.92 Å². The molecule has 3 nitrogen and oxygen atoms in total. The van der Waals surface area contributed by atoms with Crippen molar-refractivity contribution in [3.8, 4) is 0 Å². The Balaban J connectivity index is 3.55. The standard InChI is InChI=1S/C11H14ClNO2/c1-6-5-7(12)13-9(10(14)15)8(6)11(2,3)4/h5H,1-4H3,(H,14,15). The van der Waals surface area contributed by atoms with Crippen LogP contribution in [0.2, 0.25) is 5.15 Å². The second kappa shape index (κ2) is 3.81. The maximum atomic E-state index is 11.1. The van der Waals surface area contributed by atoms with Crippen molar-refractivity contribution in [2.24, 2.45) is 0 Å². The van der Waals surface area contributed by atoms with Gasteiger partial charge in [-0.25, -0.2) is 9.78 Å². The molecule has 0 saturated carbocycles. The Bertz CT molecular complexity index is 408. The summed E-state index contributed by atoms with van der Waals surface area (Å²) < 4.78 is 0. The quantitative estimate of drug-likeness (QED) is 0.751. The summed E-state index contributed by atoms with van der Waals surface area (Å²) in [6.07, 6.45) is 0. The number of halogens is 1. The van der Waals surface area contributed by atoms with Crippen LogP contribution in [0.4, 0.5) is 0 Å². The fourth-order valence-electron chi connectivity index (χ4n) is 1.73. The zero-order valence-corrected chi connectivity index (χ0v) is 10.0. The Morgan fingerprint density at radius 2 is 2.00 bits per heavy atom. The molecule has 0 aliphatic rings. The lowest BCUT2D eigenvalue weighted by Gasteiger charge is -2.23. The molecule has 0 aromatic carbocycles. The molecule has 0 aliphatic heterocycles. The van der Waals surface area contributed by atoms with E-state index in [9.17, 15) is 4.79 Å². The average Bonchev–Trinajstić information content (AvgIpc) is 1.99. The van der Waals surface area contributed by atoms with Crippen molar-refractivity contribution in [1.82, 2.24) is 4.98 Å². The Morgan fingerprint density at radius 3 is 2.40 bits per heavy atom. The van der Waals surface area contributed by atoms with Gasteiger partial charge in [-0.15, -0.1) is 0 Å². The van der Waals surface area contributed by atoms with Gasteiger partial charge >= 0.3 is 5.97 Å². The third-order valence-electron chi connectivity index (χ3n) is 2.14. The first-order chi connectivity index (χ1) is 6.73. The lowest BCUT2D eigenvalue weighted by Crippen LogP contribution is -2.20. The predicted octanol–water partition coefficient (Wildman–Crippen LogP) is 3.04. The molecule has 1 aromatic rings. The SMILES string of the molecule is Cc1cc(Cl)nc(C(=O)O)c1C(C)(C)C. The Morgan fingerprint density at radius 1 is 1.47 bits per heavy atom. The van der Waals surface area contributed by atoms with E-state index in [4.69, 9.17) is 16.7 Å². The van der Waals surface area contributed by atoms with Crippen LogP contribution < -0.4 is 0 Å². The van der Waals surface area contributed by atoms with Crippen LogP contribution in [0.15, 0.2) is 6.07 Å². The molecule has 0 aliphatic carbocycles. The van der Waals surface area contributed by atoms with Crippen LogP contribution in [0.3, 0.4) is 0 Å². The summed E-state index contributed by atoms with van der Waals surface area (Å²) in [4.78, 5) is 14.9. The second-order valence-electron chi connectivity index (χ2n) is 4.54. The van der Waals surface area contributed by atoms with Gasteiger partial charge in [0.15, 0.2) is 5.69 Å². The molecule has 0 bridgehead atoms. The topological polar surface area (TPSA) is 50.2 Å². The summed E-state index contributed by atoms with van der Waals surface area (Å²) in [6.45, 7) is 7.71. The van der Waals surface area contributed by atoms with Gasteiger partial charge in [-0.1, -0.05) is 32.4 Å². The van der Waals surface area contributed by atoms with Gasteiger partial charge in [0.25, 0.3) is 0 Å². The summed E-state index contributed by atoms with van der Waals surface area (Å²) >= 11 is 5.74. The highest BCUT2D eigenvalue weighted by Crippen LogP contribution is 2.29. The van der Waals surface area contributed by atoms with Crippen LogP contribution in [0.25, 0.3) is 0 Å². The number of carbonyl (C=O) groups is 1. The molecular weight excluding hydrogens is 214 g/mol. The van der Waals surface area contributed by atoms with Gasteiger partial charge in [0.1, 0.15) is 5.15 Å². The molecule has 1 N–H and O–H groups in total. The molecule has 0 saturated heterocycles. The molecule has 82 valence electrons. The second-order valence-corrected chi connectivity index (χ2v) is 4.93. The summed E-state index contributed by atoms with van der Waals surface area (Å²) in [5.41, 5.74) is 1.39. The Kier molecular flexibility index (Phi) is 3.05. The normalized spacial score (nSPS) is 11.5. The third kappa shape index (κ3) is 2.48. The number of nitrogens with zero attached hydrogens (tertiary/aromatic N) is 1. The number of hydrogen-bond acceptors (Lipinski definition) is 2. The lowest BCUT2D eigenvalue weighted by molar-refractivity contribution is 0.0687. The highest BCUT2D eigenvalue weighted by atomic mass is 35.5. The fourth-order valence-corrected chi connectivity index (χ4v) is 1.98. The molecule has 0 amide bonds. The van der Waals surface area contributed by atoms with Crippen molar-refractivity contribution < 1.29 is 9.90 Å². The first-order valence-corrected chi connectivity index (χ1v) is 5.02. The molecule has 1 heterocycles. The van der Waals surface area contributed by atoms with E-state index in [-0.39, 0.29) is 16.3 Å². The van der Waals surface area contributed by atoms with Crippen molar-refractivity contribution in [2.45, 2.75) is 33.1 Å². The zero-order valence-electron chi connectivity index (χ0n) is 9.26. The number of hydrogen-bond donors (Lipinski definition) is 1. The van der Waals surface area contributed by atoms with E-state index in [1.54, 1.807) is 6.07 Å². The third-order valence-corrected chi connectivity index (χ3v) is 2.33. The zero-order chi connectivity index (χ0) is 11.8. The van der Waals surface area contributed by atoms with E-state index in [0.717, 1.165) is 11.1 Å². The lowest BCUT2D eigenvalue weighted by atomic mass is 9.83. The van der Waals surface area contributed by atoms with E-state index in [1.165, 1.54) is 0 Å². The molecule has 0 atom stereocenters. The average molecular weight is 228 g/mol. The minimum absolute atomic E-state index is 0.0486. The van der Waals surface area contributed by atoms with E-state index in [2.05, 4.69) is 4.98 Å². The van der Waals surface area contributed by atoms with E-state index in [0.29, 0.717) is 0 Å². The number of carboxylic acids is 1. The molecule has 15 heavy (non-hydrogen) atoms. The van der Waals surface area contributed by atoms with Gasteiger partial charge in [0.05, 0.1) is 0 Å². The molecule has 1 aromatic heterocycles. The molecular formula is C11H14ClNO2. The number of aryl methyl sites for hydroxylation is 1. The summed E-state index contributed by atoms with van der Waals surface area (Å²) in [6, 6.07) is 1.69. The molecule has 0 fully saturated rings. The van der Waals surface area contributed by atoms with Gasteiger partial charge in [0, 0.05) is 0 Å². The van der Waals surface area contributed by atoms with Gasteiger partial charge < -0.3 is 5.11 Å². The number of carboxylic acid groups (broad SMARTS) is 1. The minimum Gasteiger partial charge on any atom is -0.477 e. The van der Waals surface area contributed by atoms with Crippen molar-refractivity contribution in [2.75, 3.05) is 0 Å². The summed E-state index contributed by atoms with van der Waals surface area (Å²) in [5.74, 6) is -1.04. The molecule has 1 rings (SSSR count). The van der Waals surface area contributed by atoms with E-state index >= 15 is 0 Å². The molecule has 0 unspecified atom stereocenters. The minimum atomic E-state index is -1.04. The highest BCUT2D eigenvalue weighted by molar-refractivity contribution is 6.29. The monoisotopic (exact) mass is 227 g/mol. The van der Waals surface area contributed by atoms with Crippen LogP contribution >= 0.6 is 11.6 Å². The van der Waals surface area contributed by atoms with Crippen LogP contribution in [0.5, 0.6) is 0 Å². The van der Waals surface area contributed by atoms with Crippen LogP contribution in [-0.4, -0.2) is 16.1 Å². The van der Waals surface area contributed by atoms with Crippen molar-refractivity contribution in [3.05, 3.63) is 28.0 Å². The van der Waals surface area contributed by atoms with Gasteiger partial charge in [0.2, 0.25) is 0 Å². The van der Waals surface area contributed by atoms with Crippen molar-refractivity contribution in [3.63, 3.8) is 0 Å². The fraction of sp³-hybridized carbons (Fsp3) is 0.455. The molecule has 0 spiro atoms. The molecule has 4 heteroatoms. The predicted molar refractivity (Wildman–Crippen MR) is 59.6 cm³/mol. The summed E-state index contributed by atoms with van der Waals surface area (Å²) in [5, 5.41) is 9.28. The van der Waals surface area contributed by atoms with Gasteiger partial charge in [-0.2, -0.15) is 0 Å².